The molecule has 1 heterocycles. The van der Waals surface area contributed by atoms with Crippen LogP contribution in [-0.2, 0) is 0 Å². The van der Waals surface area contributed by atoms with Crippen LogP contribution in [0.4, 0.5) is 20.9 Å². The summed E-state index contributed by atoms with van der Waals surface area (Å²) in [5, 5.41) is 6.49. The number of amides is 1. The number of hydrogen-bond donors (Lipinski definition) is 2. The minimum Gasteiger partial charge on any atom is -0.332 e. The molecule has 0 spiro atoms. The molecule has 2 aromatic carbocycles. The third-order valence-electron chi connectivity index (χ3n) is 3.45. The molecule has 4 nitrogen and oxygen atoms in total. The number of aryl methyl sites for hydroxylation is 2. The van der Waals surface area contributed by atoms with Gasteiger partial charge in [-0.05, 0) is 49.7 Å². The Bertz CT molecular complexity index is 942. The summed E-state index contributed by atoms with van der Waals surface area (Å²) in [6.07, 6.45) is 0. The fraction of sp³-hybridized carbons (Fsp3) is 0.111. The Hall–Kier alpha value is -2.44. The van der Waals surface area contributed by atoms with E-state index in [-0.39, 0.29) is 10.9 Å². The predicted octanol–water partition coefficient (Wildman–Crippen LogP) is 5.55. The van der Waals surface area contributed by atoms with Crippen LogP contribution in [0.3, 0.4) is 0 Å². The van der Waals surface area contributed by atoms with Crippen molar-refractivity contribution in [1.29, 1.82) is 0 Å². The van der Waals surface area contributed by atoms with Gasteiger partial charge in [-0.1, -0.05) is 35.1 Å². The zero-order valence-electron chi connectivity index (χ0n) is 13.6. The fourth-order valence-electron chi connectivity index (χ4n) is 2.27. The lowest BCUT2D eigenvalue weighted by atomic mass is 10.2. The highest BCUT2D eigenvalue weighted by Crippen LogP contribution is 2.27. The quantitative estimate of drug-likeness (QED) is 0.628. The number of rotatable bonds is 4. The van der Waals surface area contributed by atoms with Crippen LogP contribution in [0.25, 0.3) is 0 Å². The van der Waals surface area contributed by atoms with E-state index >= 15 is 0 Å². The Labute approximate surface area is 153 Å². The largest absolute Gasteiger partial charge is 0.332 e. The Morgan fingerprint density at radius 3 is 2.68 bits per heavy atom. The van der Waals surface area contributed by atoms with Gasteiger partial charge in [-0.3, -0.25) is 4.79 Å². The van der Waals surface area contributed by atoms with E-state index in [1.54, 1.807) is 6.92 Å². The lowest BCUT2D eigenvalue weighted by Gasteiger charge is -2.05. The SMILES string of the molecule is Cc1cccc(Nc2nc(C)c(C(=O)Nc3ccc(F)c(Cl)c3)s2)c1. The van der Waals surface area contributed by atoms with E-state index in [1.807, 2.05) is 31.2 Å². The van der Waals surface area contributed by atoms with Crippen LogP contribution < -0.4 is 10.6 Å². The molecule has 0 atom stereocenters. The Morgan fingerprint density at radius 2 is 1.96 bits per heavy atom. The number of halogens is 2. The summed E-state index contributed by atoms with van der Waals surface area (Å²) in [4.78, 5) is 17.3. The second kappa shape index (κ2) is 7.21. The van der Waals surface area contributed by atoms with Crippen LogP contribution in [0.5, 0.6) is 0 Å². The van der Waals surface area contributed by atoms with E-state index in [2.05, 4.69) is 15.6 Å². The van der Waals surface area contributed by atoms with E-state index in [1.165, 1.54) is 29.5 Å². The maximum atomic E-state index is 13.2. The van der Waals surface area contributed by atoms with Gasteiger partial charge in [-0.15, -0.1) is 0 Å². The molecule has 0 saturated heterocycles. The van der Waals surface area contributed by atoms with Gasteiger partial charge in [0.05, 0.1) is 10.7 Å². The van der Waals surface area contributed by atoms with Crippen molar-refractivity contribution < 1.29 is 9.18 Å². The molecule has 0 unspecified atom stereocenters. The average molecular weight is 376 g/mol. The van der Waals surface area contributed by atoms with Crippen molar-refractivity contribution in [1.82, 2.24) is 4.98 Å². The first-order valence-electron chi connectivity index (χ1n) is 7.50. The van der Waals surface area contributed by atoms with Crippen molar-refractivity contribution >= 4 is 45.4 Å². The maximum Gasteiger partial charge on any atom is 0.267 e. The summed E-state index contributed by atoms with van der Waals surface area (Å²) in [6.45, 7) is 3.77. The fourth-order valence-corrected chi connectivity index (χ4v) is 3.33. The molecule has 3 aromatic rings. The molecule has 0 fully saturated rings. The van der Waals surface area contributed by atoms with E-state index in [4.69, 9.17) is 11.6 Å². The minimum atomic E-state index is -0.529. The van der Waals surface area contributed by atoms with Crippen LogP contribution in [0.15, 0.2) is 42.5 Å². The molecule has 0 aliphatic rings. The number of thiazole rings is 1. The van der Waals surface area contributed by atoms with Gasteiger partial charge in [0.1, 0.15) is 10.7 Å². The summed E-state index contributed by atoms with van der Waals surface area (Å²) in [5.74, 6) is -0.840. The second-order valence-corrected chi connectivity index (χ2v) is 6.92. The van der Waals surface area contributed by atoms with E-state index < -0.39 is 5.82 Å². The van der Waals surface area contributed by atoms with Gasteiger partial charge in [0.25, 0.3) is 5.91 Å². The topological polar surface area (TPSA) is 54.0 Å². The zero-order valence-corrected chi connectivity index (χ0v) is 15.1. The molecule has 0 aliphatic heterocycles. The summed E-state index contributed by atoms with van der Waals surface area (Å²) < 4.78 is 13.2. The molecule has 1 aromatic heterocycles. The Kier molecular flexibility index (Phi) is 5.01. The van der Waals surface area contributed by atoms with Crippen molar-refractivity contribution in [2.45, 2.75) is 13.8 Å². The standard InChI is InChI=1S/C18H15ClFN3OS/c1-10-4-3-5-12(8-10)23-18-21-11(2)16(25-18)17(24)22-13-6-7-15(20)14(19)9-13/h3-9H,1-2H3,(H,21,23)(H,22,24). The highest BCUT2D eigenvalue weighted by molar-refractivity contribution is 7.17. The van der Waals surface area contributed by atoms with Crippen molar-refractivity contribution in [3.63, 3.8) is 0 Å². The number of nitrogens with zero attached hydrogens (tertiary/aromatic N) is 1. The first-order chi connectivity index (χ1) is 11.9. The van der Waals surface area contributed by atoms with Crippen molar-refractivity contribution in [2.24, 2.45) is 0 Å². The third kappa shape index (κ3) is 4.15. The highest BCUT2D eigenvalue weighted by atomic mass is 35.5. The van der Waals surface area contributed by atoms with E-state index in [0.29, 0.717) is 21.4 Å². The van der Waals surface area contributed by atoms with Gasteiger partial charge < -0.3 is 10.6 Å². The van der Waals surface area contributed by atoms with Gasteiger partial charge >= 0.3 is 0 Å². The summed E-state index contributed by atoms with van der Waals surface area (Å²) in [6, 6.07) is 11.9. The Balaban J connectivity index is 1.77. The molecule has 0 bridgehead atoms. The van der Waals surface area contributed by atoms with Crippen LogP contribution in [0.2, 0.25) is 5.02 Å². The first kappa shape index (κ1) is 17.4. The molecule has 0 saturated carbocycles. The third-order valence-corrected chi connectivity index (χ3v) is 4.81. The number of nitrogens with one attached hydrogen (secondary N) is 2. The van der Waals surface area contributed by atoms with E-state index in [9.17, 15) is 9.18 Å². The smallest absolute Gasteiger partial charge is 0.267 e. The van der Waals surface area contributed by atoms with Crippen molar-refractivity contribution in [3.05, 3.63) is 69.4 Å². The number of carbonyl (C=O) groups excluding carboxylic acids is 1. The summed E-state index contributed by atoms with van der Waals surface area (Å²) >= 11 is 6.99. The van der Waals surface area contributed by atoms with Gasteiger partial charge in [0.2, 0.25) is 0 Å². The summed E-state index contributed by atoms with van der Waals surface area (Å²) in [5.41, 5.74) is 3.08. The maximum absolute atomic E-state index is 13.2. The second-order valence-electron chi connectivity index (χ2n) is 5.51. The van der Waals surface area contributed by atoms with Crippen LogP contribution in [-0.4, -0.2) is 10.9 Å². The number of carbonyl (C=O) groups is 1. The van der Waals surface area contributed by atoms with Crippen LogP contribution >= 0.6 is 22.9 Å². The molecular formula is C18H15ClFN3OS. The van der Waals surface area contributed by atoms with Crippen LogP contribution in [0.1, 0.15) is 20.9 Å². The zero-order chi connectivity index (χ0) is 18.0. The normalized spacial score (nSPS) is 10.6. The summed E-state index contributed by atoms with van der Waals surface area (Å²) in [7, 11) is 0. The number of aromatic nitrogens is 1. The molecule has 1 amide bonds. The first-order valence-corrected chi connectivity index (χ1v) is 8.69. The van der Waals surface area contributed by atoms with Gasteiger partial charge in [-0.25, -0.2) is 9.37 Å². The molecule has 2 N–H and O–H groups in total. The number of anilines is 3. The van der Waals surface area contributed by atoms with Crippen molar-refractivity contribution in [3.8, 4) is 0 Å². The average Bonchev–Trinajstić information content (AvgIpc) is 2.91. The monoisotopic (exact) mass is 375 g/mol. The van der Waals surface area contributed by atoms with Gasteiger partial charge in [0, 0.05) is 11.4 Å². The molecule has 128 valence electrons. The molecule has 25 heavy (non-hydrogen) atoms. The molecule has 3 rings (SSSR count). The molecule has 7 heteroatoms. The Morgan fingerprint density at radius 1 is 1.16 bits per heavy atom. The lowest BCUT2D eigenvalue weighted by Crippen LogP contribution is -2.11. The number of hydrogen-bond acceptors (Lipinski definition) is 4. The molecule has 0 aliphatic carbocycles. The van der Waals surface area contributed by atoms with Crippen LogP contribution in [0, 0.1) is 19.7 Å². The minimum absolute atomic E-state index is 0.0411. The van der Waals surface area contributed by atoms with Crippen molar-refractivity contribution in [2.75, 3.05) is 10.6 Å². The van der Waals surface area contributed by atoms with Gasteiger partial charge in [0.15, 0.2) is 5.13 Å². The predicted molar refractivity (Wildman–Crippen MR) is 101 cm³/mol. The van der Waals surface area contributed by atoms with E-state index in [0.717, 1.165) is 11.3 Å². The molecule has 0 radical (unpaired) electrons. The lowest BCUT2D eigenvalue weighted by molar-refractivity contribution is 0.103. The number of benzene rings is 2. The molecular weight excluding hydrogens is 361 g/mol. The van der Waals surface area contributed by atoms with Gasteiger partial charge in [-0.2, -0.15) is 0 Å². The highest BCUT2D eigenvalue weighted by Gasteiger charge is 2.16.